The second-order valence-electron chi connectivity index (χ2n) is 0.986. The molecular formula is C3H14Ca2Mg4O7. The van der Waals surface area contributed by atoms with Gasteiger partial charge in [0, 0.05) is 0 Å². The van der Waals surface area contributed by atoms with Gasteiger partial charge in [-0.2, -0.15) is 0 Å². The van der Waals surface area contributed by atoms with Crippen molar-refractivity contribution in [3.05, 3.63) is 0 Å². The first-order valence-corrected chi connectivity index (χ1v) is 1.88. The molecule has 7 nitrogen and oxygen atoms in total. The molecule has 0 rings (SSSR count). The molecule has 0 aromatic rings. The molecule has 0 fully saturated rings. The van der Waals surface area contributed by atoms with Crippen LogP contribution in [-0.4, -0.2) is 196 Å². The van der Waals surface area contributed by atoms with Gasteiger partial charge in [0.1, 0.15) is 0 Å². The number of carbonyl (C=O) groups excluding carboxylic acids is 1. The normalized spacial score (nSPS) is 5.00. The van der Waals surface area contributed by atoms with Crippen molar-refractivity contribution in [3.8, 4) is 0 Å². The molecule has 0 aromatic carbocycles. The van der Waals surface area contributed by atoms with Crippen LogP contribution < -0.4 is 0 Å². The van der Waals surface area contributed by atoms with E-state index in [9.17, 15) is 14.4 Å². The summed E-state index contributed by atoms with van der Waals surface area (Å²) in [6, 6.07) is 0. The molecule has 2 N–H and O–H groups in total. The molecule has 0 bridgehead atoms. The molecule has 0 saturated heterocycles. The Labute approximate surface area is 233 Å². The fourth-order valence-electron chi connectivity index (χ4n) is 0.163. The van der Waals surface area contributed by atoms with Gasteiger partial charge in [0.25, 0.3) is 0 Å². The van der Waals surface area contributed by atoms with Crippen molar-refractivity contribution in [2.75, 3.05) is 0 Å². The molecule has 0 atom stereocenters. The van der Waals surface area contributed by atoms with Gasteiger partial charge in [-0.25, -0.2) is 14.4 Å². The van der Waals surface area contributed by atoms with E-state index in [1.54, 1.807) is 0 Å². The molecule has 0 spiro atoms. The summed E-state index contributed by atoms with van der Waals surface area (Å²) < 4.78 is 6.47. The quantitative estimate of drug-likeness (QED) is 0.350. The van der Waals surface area contributed by atoms with Crippen LogP contribution in [-0.2, 0) is 9.47 Å². The molecule has 0 aliphatic heterocycles. The second-order valence-corrected chi connectivity index (χ2v) is 0.986. The summed E-state index contributed by atoms with van der Waals surface area (Å²) in [7, 11) is 0. The Kier molecular flexibility index (Phi) is 72.6. The van der Waals surface area contributed by atoms with Crippen LogP contribution in [0.3, 0.4) is 0 Å². The Bertz CT molecular complexity index is 200. The third-order valence-electron chi connectivity index (χ3n) is 0.341. The van der Waals surface area contributed by atoms with Gasteiger partial charge < -0.3 is 36.8 Å². The topological polar surface area (TPSA) is 110 Å². The SMILES string of the molecule is O=C(O)OC(=O)OC(=O)O.[Ca+2].[Ca+2].[H-].[H-].[H-].[H-].[H-].[H-].[H-].[H-].[H-].[H-].[H-].[H-].[Mg+2].[Mg+2].[Mg+2].[Mg+2]. The minimum atomic E-state index is -1.92. The summed E-state index contributed by atoms with van der Waals surface area (Å²) in [6.45, 7) is 0. The molecule has 0 heterocycles. The van der Waals surface area contributed by atoms with Crippen molar-refractivity contribution in [3.63, 3.8) is 0 Å². The van der Waals surface area contributed by atoms with Crippen molar-refractivity contribution < 1.29 is 51.2 Å². The summed E-state index contributed by atoms with van der Waals surface area (Å²) in [5.41, 5.74) is 0. The molecule has 0 saturated carbocycles. The van der Waals surface area contributed by atoms with Gasteiger partial charge in [0.15, 0.2) is 0 Å². The molecule has 0 unspecified atom stereocenters. The molecule has 0 amide bonds. The largest absolute Gasteiger partial charge is 2.00 e. The predicted molar refractivity (Wildman–Crippen MR) is 71.5 cm³/mol. The van der Waals surface area contributed by atoms with Crippen LogP contribution in [0.5, 0.6) is 0 Å². The number of rotatable bonds is 0. The summed E-state index contributed by atoms with van der Waals surface area (Å²) in [4.78, 5) is 28.8. The van der Waals surface area contributed by atoms with E-state index in [0.29, 0.717) is 0 Å². The molecule has 16 heavy (non-hydrogen) atoms. The van der Waals surface area contributed by atoms with Crippen molar-refractivity contribution in [2.45, 2.75) is 0 Å². The number of hydrogen-bond acceptors (Lipinski definition) is 5. The minimum Gasteiger partial charge on any atom is -1.00 e. The Balaban J connectivity index is -0.00000000265. The van der Waals surface area contributed by atoms with Crippen LogP contribution >= 0.6 is 0 Å². The summed E-state index contributed by atoms with van der Waals surface area (Å²) in [5, 5.41) is 15.4. The van der Waals surface area contributed by atoms with Gasteiger partial charge in [-0.1, -0.05) is 0 Å². The maximum atomic E-state index is 9.86. The fraction of sp³-hybridized carbons (Fsp3) is 0. The van der Waals surface area contributed by atoms with E-state index in [1.165, 1.54) is 0 Å². The van der Waals surface area contributed by atoms with Gasteiger partial charge in [-0.15, -0.1) is 0 Å². The van der Waals surface area contributed by atoms with Crippen LogP contribution in [0, 0.1) is 0 Å². The standard InChI is InChI=1S/C3H2O7.2Ca.4Mg.12H/c4-1(5)9-3(8)10-2(6)7;;;;;;;;;;;;;;;;;;/h(H,4,5)(H,6,7);;;;;;;;;;;;;;;;;;/q;6*+2;12*-1. The monoisotopic (exact) mass is 338 g/mol. The van der Waals surface area contributed by atoms with Crippen LogP contribution in [0.15, 0.2) is 0 Å². The van der Waals surface area contributed by atoms with Gasteiger partial charge in [0.05, 0.1) is 0 Å². The van der Waals surface area contributed by atoms with E-state index in [1.807, 2.05) is 0 Å². The van der Waals surface area contributed by atoms with E-state index < -0.39 is 18.5 Å². The third kappa shape index (κ3) is 36.1. The Hall–Kier alpha value is 3.79. The number of carbonyl (C=O) groups is 3. The summed E-state index contributed by atoms with van der Waals surface area (Å²) in [5.74, 6) is 0. The first kappa shape index (κ1) is 42.7. The van der Waals surface area contributed by atoms with Gasteiger partial charge >= 0.3 is 186 Å². The Morgan fingerprint density at radius 3 is 1.06 bits per heavy atom. The van der Waals surface area contributed by atoms with E-state index in [2.05, 4.69) is 9.47 Å². The van der Waals surface area contributed by atoms with Crippen LogP contribution in [0.25, 0.3) is 0 Å². The van der Waals surface area contributed by atoms with Crippen LogP contribution in [0.4, 0.5) is 14.4 Å². The van der Waals surface area contributed by atoms with Gasteiger partial charge in [0.2, 0.25) is 0 Å². The van der Waals surface area contributed by atoms with Crippen molar-refractivity contribution in [1.29, 1.82) is 0 Å². The zero-order valence-corrected chi connectivity index (χ0v) is 18.8. The fourth-order valence-corrected chi connectivity index (χ4v) is 0.163. The summed E-state index contributed by atoms with van der Waals surface area (Å²) >= 11 is 0. The maximum absolute atomic E-state index is 9.86. The predicted octanol–water partition coefficient (Wildman–Crippen LogP) is -0.439. The molecule has 13 heteroatoms. The minimum absolute atomic E-state index is 0. The first-order chi connectivity index (χ1) is 4.52. The zero-order chi connectivity index (χ0) is 8.15. The van der Waals surface area contributed by atoms with Crippen molar-refractivity contribution in [1.82, 2.24) is 0 Å². The molecule has 0 aliphatic rings. The number of ether oxygens (including phenoxy) is 2. The van der Waals surface area contributed by atoms with Crippen LogP contribution in [0.1, 0.15) is 17.1 Å². The molecular weight excluding hydrogens is 325 g/mol. The average molecular weight is 340 g/mol. The van der Waals surface area contributed by atoms with Crippen molar-refractivity contribution in [2.24, 2.45) is 0 Å². The smallest absolute Gasteiger partial charge is 1.00 e. The van der Waals surface area contributed by atoms with E-state index in [-0.39, 0.29) is 185 Å². The third-order valence-corrected chi connectivity index (χ3v) is 0.341. The summed E-state index contributed by atoms with van der Waals surface area (Å²) in [6.07, 6.45) is -5.64. The molecule has 80 valence electrons. The van der Waals surface area contributed by atoms with E-state index in [4.69, 9.17) is 10.2 Å². The zero-order valence-electron chi connectivity index (χ0n) is 20.7. The van der Waals surface area contributed by atoms with Crippen molar-refractivity contribution >= 4 is 186 Å². The molecule has 0 aromatic heterocycles. The van der Waals surface area contributed by atoms with Gasteiger partial charge in [-0.05, 0) is 0 Å². The Morgan fingerprint density at radius 2 is 0.938 bits per heavy atom. The Morgan fingerprint density at radius 1 is 0.750 bits per heavy atom. The van der Waals surface area contributed by atoms with E-state index >= 15 is 0 Å². The van der Waals surface area contributed by atoms with E-state index in [0.717, 1.165) is 0 Å². The number of carboxylic acid groups (broad SMARTS) is 2. The molecule has 0 aliphatic carbocycles. The van der Waals surface area contributed by atoms with Gasteiger partial charge in [-0.3, -0.25) is 0 Å². The number of hydrogen-bond donors (Lipinski definition) is 2. The average Bonchev–Trinajstić information content (AvgIpc) is 1.58. The maximum Gasteiger partial charge on any atom is 2.00 e. The molecule has 0 radical (unpaired) electrons. The first-order valence-electron chi connectivity index (χ1n) is 1.88. The second kappa shape index (κ2) is 27.2. The van der Waals surface area contributed by atoms with Crippen LogP contribution in [0.2, 0.25) is 0 Å².